The van der Waals surface area contributed by atoms with Crippen LogP contribution < -0.4 is 0 Å². The molecule has 1 aromatic rings. The van der Waals surface area contributed by atoms with Crippen LogP contribution in [0.4, 0.5) is 0 Å². The maximum absolute atomic E-state index is 12.8. The molecular weight excluding hydrogens is 438 g/mol. The third kappa shape index (κ3) is 13.1. The molecule has 0 unspecified atom stereocenters. The van der Waals surface area contributed by atoms with E-state index in [0.717, 1.165) is 24.1 Å². The van der Waals surface area contributed by atoms with Gasteiger partial charge in [-0.1, -0.05) is 96.8 Å². The van der Waals surface area contributed by atoms with Gasteiger partial charge in [0, 0.05) is 30.5 Å². The molecule has 1 N–H and O–H groups in total. The van der Waals surface area contributed by atoms with E-state index < -0.39 is 0 Å². The average molecular weight is 490 g/mol. The van der Waals surface area contributed by atoms with E-state index >= 15 is 0 Å². The summed E-state index contributed by atoms with van der Waals surface area (Å²) in [5.74, 6) is -0.239. The molecule has 0 aliphatic carbocycles. The molecule has 5 nitrogen and oxygen atoms in total. The normalized spacial score (nSPS) is 11.1. The summed E-state index contributed by atoms with van der Waals surface area (Å²) in [6.07, 6.45) is 21.1. The minimum atomic E-state index is -0.309. The van der Waals surface area contributed by atoms with Gasteiger partial charge in [0.25, 0.3) is 0 Å². The second-order valence-electron chi connectivity index (χ2n) is 10.1. The molecule has 0 aromatic carbocycles. The zero-order chi connectivity index (χ0) is 25.9. The lowest BCUT2D eigenvalue weighted by atomic mass is 9.98. The number of hydrogen-bond acceptors (Lipinski definition) is 4. The molecular formula is C30H51NO4. The first-order valence-corrected chi connectivity index (χ1v) is 14.2. The average Bonchev–Trinajstić information content (AvgIpc) is 3.14. The first kappa shape index (κ1) is 31.1. The summed E-state index contributed by atoms with van der Waals surface area (Å²) < 4.78 is 4.62. The van der Waals surface area contributed by atoms with Crippen molar-refractivity contribution in [2.75, 3.05) is 7.11 Å². The number of hydrogen-bond donors (Lipinski definition) is 1. The van der Waals surface area contributed by atoms with Crippen molar-refractivity contribution in [2.24, 2.45) is 0 Å². The molecule has 35 heavy (non-hydrogen) atoms. The maximum atomic E-state index is 12.8. The molecule has 0 aliphatic rings. The predicted molar refractivity (Wildman–Crippen MR) is 144 cm³/mol. The number of rotatable bonds is 22. The lowest BCUT2D eigenvalue weighted by molar-refractivity contribution is -0.140. The van der Waals surface area contributed by atoms with Crippen LogP contribution in [-0.2, 0) is 9.53 Å². The van der Waals surface area contributed by atoms with E-state index in [-0.39, 0.29) is 30.4 Å². The smallest absolute Gasteiger partial charge is 0.305 e. The highest BCUT2D eigenvalue weighted by Gasteiger charge is 2.21. The number of Topliss-reactive ketones (excluding diaryl/α,β-unsaturated/α-hetero) is 2. The van der Waals surface area contributed by atoms with Gasteiger partial charge in [-0.2, -0.15) is 0 Å². The SMILES string of the molecule is CCCCCCCCCCCCCCCCCC(=O)c1c(C)[nH]c(C(=O)CCCC(=O)OC)c1C. The van der Waals surface area contributed by atoms with Crippen molar-refractivity contribution in [1.29, 1.82) is 0 Å². The maximum Gasteiger partial charge on any atom is 0.305 e. The summed E-state index contributed by atoms with van der Waals surface area (Å²) in [7, 11) is 1.35. The van der Waals surface area contributed by atoms with Gasteiger partial charge in [0.2, 0.25) is 0 Å². The molecule has 1 heterocycles. The van der Waals surface area contributed by atoms with Gasteiger partial charge in [-0.15, -0.1) is 0 Å². The highest BCUT2D eigenvalue weighted by atomic mass is 16.5. The van der Waals surface area contributed by atoms with Crippen LogP contribution in [0.25, 0.3) is 0 Å². The topological polar surface area (TPSA) is 76.2 Å². The molecule has 0 amide bonds. The summed E-state index contributed by atoms with van der Waals surface area (Å²) in [5, 5.41) is 0. The number of aromatic nitrogens is 1. The molecule has 5 heteroatoms. The largest absolute Gasteiger partial charge is 0.469 e. The first-order valence-electron chi connectivity index (χ1n) is 14.2. The number of nitrogens with one attached hydrogen (secondary N) is 1. The van der Waals surface area contributed by atoms with Crippen molar-refractivity contribution in [3.8, 4) is 0 Å². The standard InChI is InChI=1S/C30H51NO4/c1-5-6-7-8-9-10-11-12-13-14-15-16-17-18-19-21-26(32)29-24(2)30(31-25(29)3)27(33)22-20-23-28(34)35-4/h31H,5-23H2,1-4H3. The van der Waals surface area contributed by atoms with Crippen LogP contribution in [0.3, 0.4) is 0 Å². The van der Waals surface area contributed by atoms with Crippen LogP contribution in [0.1, 0.15) is 161 Å². The number of methoxy groups -OCH3 is 1. The van der Waals surface area contributed by atoms with Gasteiger partial charge in [-0.05, 0) is 32.3 Å². The van der Waals surface area contributed by atoms with Crippen molar-refractivity contribution >= 4 is 17.5 Å². The molecule has 0 aliphatic heterocycles. The third-order valence-electron chi connectivity index (χ3n) is 7.01. The number of unbranched alkanes of at least 4 members (excludes halogenated alkanes) is 14. The number of aromatic amines is 1. The molecule has 0 fully saturated rings. The monoisotopic (exact) mass is 489 g/mol. The number of ether oxygens (including phenoxy) is 1. The molecule has 0 bridgehead atoms. The molecule has 0 saturated heterocycles. The minimum absolute atomic E-state index is 0.0551. The fourth-order valence-electron chi connectivity index (χ4n) is 4.85. The Morgan fingerprint density at radius 1 is 0.629 bits per heavy atom. The van der Waals surface area contributed by atoms with Crippen LogP contribution in [-0.4, -0.2) is 29.6 Å². The van der Waals surface area contributed by atoms with Gasteiger partial charge in [0.15, 0.2) is 11.6 Å². The highest BCUT2D eigenvalue weighted by Crippen LogP contribution is 2.23. The fourth-order valence-corrected chi connectivity index (χ4v) is 4.85. The number of esters is 1. The zero-order valence-corrected chi connectivity index (χ0v) is 23.1. The van der Waals surface area contributed by atoms with Gasteiger partial charge >= 0.3 is 5.97 Å². The Labute approximate surface area is 214 Å². The van der Waals surface area contributed by atoms with Crippen molar-refractivity contribution in [2.45, 2.75) is 143 Å². The Kier molecular flexibility index (Phi) is 17.2. The molecule has 1 aromatic heterocycles. The van der Waals surface area contributed by atoms with Gasteiger partial charge in [0.1, 0.15) is 0 Å². The Hall–Kier alpha value is -1.91. The lowest BCUT2D eigenvalue weighted by Gasteiger charge is -2.05. The van der Waals surface area contributed by atoms with Crippen molar-refractivity contribution in [3.05, 3.63) is 22.5 Å². The first-order chi connectivity index (χ1) is 16.9. The second-order valence-corrected chi connectivity index (χ2v) is 10.1. The van der Waals surface area contributed by atoms with Crippen molar-refractivity contribution < 1.29 is 19.1 Å². The van der Waals surface area contributed by atoms with E-state index in [1.807, 2.05) is 13.8 Å². The van der Waals surface area contributed by atoms with E-state index in [0.29, 0.717) is 24.1 Å². The number of H-pyrrole nitrogens is 1. The molecule has 0 saturated carbocycles. The fraction of sp³-hybridized carbons (Fsp3) is 0.767. The molecule has 0 spiro atoms. The quantitative estimate of drug-likeness (QED) is 0.100. The highest BCUT2D eigenvalue weighted by molar-refractivity contribution is 6.04. The van der Waals surface area contributed by atoms with E-state index in [4.69, 9.17) is 0 Å². The Bertz CT molecular complexity index is 750. The van der Waals surface area contributed by atoms with Gasteiger partial charge in [0.05, 0.1) is 12.8 Å². The predicted octanol–water partition coefficient (Wildman–Crippen LogP) is 8.60. The van der Waals surface area contributed by atoms with Crippen LogP contribution in [0.5, 0.6) is 0 Å². The Morgan fingerprint density at radius 2 is 1.09 bits per heavy atom. The summed E-state index contributed by atoms with van der Waals surface area (Å²) in [5.41, 5.74) is 2.69. The van der Waals surface area contributed by atoms with E-state index in [1.165, 1.54) is 90.6 Å². The summed E-state index contributed by atoms with van der Waals surface area (Å²) in [4.78, 5) is 39.7. The number of ketones is 2. The number of aryl methyl sites for hydroxylation is 1. The Balaban J connectivity index is 2.16. The van der Waals surface area contributed by atoms with Crippen LogP contribution in [0.15, 0.2) is 0 Å². The zero-order valence-electron chi connectivity index (χ0n) is 23.1. The summed E-state index contributed by atoms with van der Waals surface area (Å²) >= 11 is 0. The van der Waals surface area contributed by atoms with Gasteiger partial charge in [-0.25, -0.2) is 0 Å². The van der Waals surface area contributed by atoms with Crippen LogP contribution in [0.2, 0.25) is 0 Å². The Morgan fingerprint density at radius 3 is 1.57 bits per heavy atom. The van der Waals surface area contributed by atoms with Crippen LogP contribution in [0, 0.1) is 13.8 Å². The molecule has 0 radical (unpaired) electrons. The number of carbonyl (C=O) groups is 3. The molecule has 1 rings (SSSR count). The summed E-state index contributed by atoms with van der Waals surface area (Å²) in [6, 6.07) is 0. The van der Waals surface area contributed by atoms with E-state index in [2.05, 4.69) is 16.6 Å². The lowest BCUT2D eigenvalue weighted by Crippen LogP contribution is -2.06. The number of carbonyl (C=O) groups excluding carboxylic acids is 3. The molecule has 0 atom stereocenters. The van der Waals surface area contributed by atoms with Crippen LogP contribution >= 0.6 is 0 Å². The second kappa shape index (κ2) is 19.3. The van der Waals surface area contributed by atoms with Crippen molar-refractivity contribution in [3.63, 3.8) is 0 Å². The van der Waals surface area contributed by atoms with Gasteiger partial charge < -0.3 is 9.72 Å². The van der Waals surface area contributed by atoms with Gasteiger partial charge in [-0.3, -0.25) is 14.4 Å². The summed E-state index contributed by atoms with van der Waals surface area (Å²) in [6.45, 7) is 5.97. The van der Waals surface area contributed by atoms with E-state index in [9.17, 15) is 14.4 Å². The van der Waals surface area contributed by atoms with Crippen molar-refractivity contribution in [1.82, 2.24) is 4.98 Å². The third-order valence-corrected chi connectivity index (χ3v) is 7.01. The minimum Gasteiger partial charge on any atom is -0.469 e. The van der Waals surface area contributed by atoms with E-state index in [1.54, 1.807) is 0 Å². The molecule has 200 valence electrons.